The van der Waals surface area contributed by atoms with Crippen LogP contribution in [0, 0.1) is 18.7 Å². The van der Waals surface area contributed by atoms with Gasteiger partial charge in [-0.1, -0.05) is 43.7 Å². The van der Waals surface area contributed by atoms with Crippen molar-refractivity contribution in [3.63, 3.8) is 0 Å². The molecular formula is C21H25FN2O2. The number of nitrogens with one attached hydrogen (secondary N) is 1. The van der Waals surface area contributed by atoms with E-state index in [-0.39, 0.29) is 30.1 Å². The highest BCUT2D eigenvalue weighted by molar-refractivity contribution is 5.97. The van der Waals surface area contributed by atoms with E-state index in [4.69, 9.17) is 0 Å². The van der Waals surface area contributed by atoms with Gasteiger partial charge < -0.3 is 10.2 Å². The summed E-state index contributed by atoms with van der Waals surface area (Å²) in [5.41, 5.74) is 2.21. The molecular weight excluding hydrogens is 331 g/mol. The van der Waals surface area contributed by atoms with E-state index in [0.29, 0.717) is 11.1 Å². The highest BCUT2D eigenvalue weighted by Gasteiger charge is 2.27. The molecule has 0 spiro atoms. The van der Waals surface area contributed by atoms with Crippen LogP contribution in [0.1, 0.15) is 35.3 Å². The molecule has 1 atom stereocenters. The zero-order valence-electron chi connectivity index (χ0n) is 15.6. The summed E-state index contributed by atoms with van der Waals surface area (Å²) in [6.07, 6.45) is 0. The summed E-state index contributed by atoms with van der Waals surface area (Å²) in [4.78, 5) is 26.8. The highest BCUT2D eigenvalue weighted by atomic mass is 19.1. The van der Waals surface area contributed by atoms with Gasteiger partial charge in [-0.3, -0.25) is 9.59 Å². The van der Waals surface area contributed by atoms with E-state index in [0.717, 1.165) is 5.56 Å². The Kier molecular flexibility index (Phi) is 6.50. The molecule has 0 heterocycles. The Bertz CT molecular complexity index is 789. The maximum absolute atomic E-state index is 13.3. The van der Waals surface area contributed by atoms with Gasteiger partial charge in [0.05, 0.1) is 0 Å². The number of amides is 2. The number of rotatable bonds is 6. The minimum Gasteiger partial charge on any atom is -0.340 e. The molecule has 5 heteroatoms. The predicted molar refractivity (Wildman–Crippen MR) is 100 cm³/mol. The summed E-state index contributed by atoms with van der Waals surface area (Å²) in [5.74, 6) is -0.895. The highest BCUT2D eigenvalue weighted by Crippen LogP contribution is 2.12. The van der Waals surface area contributed by atoms with E-state index >= 15 is 0 Å². The Hall–Kier alpha value is -2.69. The Morgan fingerprint density at radius 2 is 1.81 bits per heavy atom. The number of halogens is 1. The number of hydrogen-bond donors (Lipinski definition) is 1. The molecule has 0 aromatic heterocycles. The lowest BCUT2D eigenvalue weighted by molar-refractivity contribution is -0.133. The standard InChI is InChI=1S/C21H25FN2O2/c1-14(2)19(23-20(25)17-9-5-7-15(3)11-17)21(26)24(4)13-16-8-6-10-18(22)12-16/h5-12,14,19H,13H2,1-4H3,(H,23,25)/t19-/m0/s1. The molecule has 0 saturated carbocycles. The van der Waals surface area contributed by atoms with Gasteiger partial charge >= 0.3 is 0 Å². The summed E-state index contributed by atoms with van der Waals surface area (Å²) < 4.78 is 13.3. The molecule has 0 aliphatic rings. The Balaban J connectivity index is 2.10. The van der Waals surface area contributed by atoms with Gasteiger partial charge in [0.15, 0.2) is 0 Å². The molecule has 26 heavy (non-hydrogen) atoms. The number of likely N-dealkylation sites (N-methyl/N-ethyl adjacent to an activating group) is 1. The second-order valence-corrected chi connectivity index (χ2v) is 6.89. The van der Waals surface area contributed by atoms with Crippen molar-refractivity contribution in [1.82, 2.24) is 10.2 Å². The van der Waals surface area contributed by atoms with E-state index in [1.807, 2.05) is 32.9 Å². The van der Waals surface area contributed by atoms with Crippen molar-refractivity contribution >= 4 is 11.8 Å². The average Bonchev–Trinajstić information content (AvgIpc) is 2.58. The topological polar surface area (TPSA) is 49.4 Å². The summed E-state index contributed by atoms with van der Waals surface area (Å²) in [7, 11) is 1.65. The van der Waals surface area contributed by atoms with E-state index in [2.05, 4.69) is 5.32 Å². The van der Waals surface area contributed by atoms with Crippen LogP contribution < -0.4 is 5.32 Å². The van der Waals surface area contributed by atoms with Crippen LogP contribution in [0.5, 0.6) is 0 Å². The molecule has 138 valence electrons. The lowest BCUT2D eigenvalue weighted by Gasteiger charge is -2.27. The second kappa shape index (κ2) is 8.61. The van der Waals surface area contributed by atoms with Crippen LogP contribution in [0.3, 0.4) is 0 Å². The zero-order chi connectivity index (χ0) is 19.3. The van der Waals surface area contributed by atoms with Gasteiger partial charge in [-0.2, -0.15) is 0 Å². The van der Waals surface area contributed by atoms with Crippen molar-refractivity contribution in [1.29, 1.82) is 0 Å². The minimum atomic E-state index is -0.651. The van der Waals surface area contributed by atoms with Crippen molar-refractivity contribution in [2.75, 3.05) is 7.05 Å². The van der Waals surface area contributed by atoms with Gasteiger partial charge in [0.25, 0.3) is 5.91 Å². The normalized spacial score (nSPS) is 11.9. The Labute approximate surface area is 154 Å². The fourth-order valence-corrected chi connectivity index (χ4v) is 2.75. The van der Waals surface area contributed by atoms with Crippen LogP contribution in [0.15, 0.2) is 48.5 Å². The maximum atomic E-state index is 13.3. The van der Waals surface area contributed by atoms with Gasteiger partial charge in [-0.25, -0.2) is 4.39 Å². The first-order valence-corrected chi connectivity index (χ1v) is 8.65. The number of benzene rings is 2. The van der Waals surface area contributed by atoms with Crippen LogP contribution >= 0.6 is 0 Å². The number of carbonyl (C=O) groups excluding carboxylic acids is 2. The average molecular weight is 356 g/mol. The molecule has 0 aliphatic heterocycles. The summed E-state index contributed by atoms with van der Waals surface area (Å²) in [5, 5.41) is 2.83. The van der Waals surface area contributed by atoms with E-state index in [9.17, 15) is 14.0 Å². The molecule has 0 aliphatic carbocycles. The summed E-state index contributed by atoms with van der Waals surface area (Å²) in [6, 6.07) is 12.7. The van der Waals surface area contributed by atoms with Crippen molar-refractivity contribution in [2.45, 2.75) is 33.4 Å². The zero-order valence-corrected chi connectivity index (χ0v) is 15.6. The van der Waals surface area contributed by atoms with Gasteiger partial charge in [-0.05, 0) is 42.7 Å². The van der Waals surface area contributed by atoms with Crippen LogP contribution in [-0.2, 0) is 11.3 Å². The quantitative estimate of drug-likeness (QED) is 0.861. The monoisotopic (exact) mass is 356 g/mol. The molecule has 0 saturated heterocycles. The fraction of sp³-hybridized carbons (Fsp3) is 0.333. The first-order valence-electron chi connectivity index (χ1n) is 8.65. The Morgan fingerprint density at radius 3 is 2.42 bits per heavy atom. The Morgan fingerprint density at radius 1 is 1.12 bits per heavy atom. The first kappa shape index (κ1) is 19.6. The lowest BCUT2D eigenvalue weighted by atomic mass is 10.0. The number of carbonyl (C=O) groups is 2. The van der Waals surface area contributed by atoms with Crippen LogP contribution in [0.4, 0.5) is 4.39 Å². The number of aryl methyl sites for hydroxylation is 1. The smallest absolute Gasteiger partial charge is 0.251 e. The van der Waals surface area contributed by atoms with Gasteiger partial charge in [-0.15, -0.1) is 0 Å². The van der Waals surface area contributed by atoms with Gasteiger partial charge in [0.2, 0.25) is 5.91 Å². The predicted octanol–water partition coefficient (Wildman–Crippen LogP) is 3.55. The second-order valence-electron chi connectivity index (χ2n) is 6.89. The lowest BCUT2D eigenvalue weighted by Crippen LogP contribution is -2.50. The molecule has 2 aromatic carbocycles. The largest absolute Gasteiger partial charge is 0.340 e. The van der Waals surface area contributed by atoms with Gasteiger partial charge in [0.1, 0.15) is 11.9 Å². The van der Waals surface area contributed by atoms with E-state index < -0.39 is 6.04 Å². The SMILES string of the molecule is Cc1cccc(C(=O)N[C@H](C(=O)N(C)Cc2cccc(F)c2)C(C)C)c1. The summed E-state index contributed by atoms with van der Waals surface area (Å²) in [6.45, 7) is 5.96. The number of hydrogen-bond acceptors (Lipinski definition) is 2. The van der Waals surface area contributed by atoms with Crippen molar-refractivity contribution in [3.8, 4) is 0 Å². The third-order valence-corrected chi connectivity index (χ3v) is 4.18. The molecule has 2 aromatic rings. The third kappa shape index (κ3) is 5.15. The van der Waals surface area contributed by atoms with E-state index in [1.165, 1.54) is 17.0 Å². The molecule has 0 fully saturated rings. The van der Waals surface area contributed by atoms with Crippen molar-refractivity contribution < 1.29 is 14.0 Å². The van der Waals surface area contributed by atoms with Crippen LogP contribution in [-0.4, -0.2) is 29.8 Å². The molecule has 2 amide bonds. The van der Waals surface area contributed by atoms with Crippen LogP contribution in [0.25, 0.3) is 0 Å². The van der Waals surface area contributed by atoms with Crippen molar-refractivity contribution in [3.05, 3.63) is 71.0 Å². The maximum Gasteiger partial charge on any atom is 0.251 e. The number of nitrogens with zero attached hydrogens (tertiary/aromatic N) is 1. The molecule has 4 nitrogen and oxygen atoms in total. The van der Waals surface area contributed by atoms with E-state index in [1.54, 1.807) is 31.3 Å². The van der Waals surface area contributed by atoms with Crippen LogP contribution in [0.2, 0.25) is 0 Å². The first-order chi connectivity index (χ1) is 12.3. The van der Waals surface area contributed by atoms with Gasteiger partial charge in [0, 0.05) is 19.2 Å². The fourth-order valence-electron chi connectivity index (χ4n) is 2.75. The minimum absolute atomic E-state index is 0.0776. The molecule has 0 bridgehead atoms. The molecule has 0 radical (unpaired) electrons. The summed E-state index contributed by atoms with van der Waals surface area (Å²) >= 11 is 0. The third-order valence-electron chi connectivity index (χ3n) is 4.18. The molecule has 2 rings (SSSR count). The molecule has 1 N–H and O–H groups in total. The van der Waals surface area contributed by atoms with Crippen molar-refractivity contribution in [2.24, 2.45) is 5.92 Å². The molecule has 0 unspecified atom stereocenters.